The van der Waals surface area contributed by atoms with Crippen LogP contribution in [0.3, 0.4) is 0 Å². The molecule has 4 heteroatoms. The summed E-state index contributed by atoms with van der Waals surface area (Å²) >= 11 is 3.14. The van der Waals surface area contributed by atoms with Gasteiger partial charge in [-0.2, -0.15) is 0 Å². The van der Waals surface area contributed by atoms with Gasteiger partial charge >= 0.3 is 0 Å². The third-order valence-corrected chi connectivity index (χ3v) is 3.07. The van der Waals surface area contributed by atoms with Gasteiger partial charge < -0.3 is 10.4 Å². The lowest BCUT2D eigenvalue weighted by atomic mass is 9.96. The Kier molecular flexibility index (Phi) is 5.10. The van der Waals surface area contributed by atoms with Crippen molar-refractivity contribution in [3.8, 4) is 0 Å². The van der Waals surface area contributed by atoms with E-state index in [4.69, 9.17) is 0 Å². The molecule has 0 heterocycles. The molecule has 0 aliphatic heterocycles. The molecule has 1 aromatic rings. The standard InChI is InChI=1S/C13H19BrFNO/c1-9(2)16-8-13(3,17)7-10-4-5-12(15)11(14)6-10/h4-6,9,16-17H,7-8H2,1-3H3. The van der Waals surface area contributed by atoms with E-state index in [1.165, 1.54) is 6.07 Å². The topological polar surface area (TPSA) is 32.3 Å². The fraction of sp³-hybridized carbons (Fsp3) is 0.538. The minimum absolute atomic E-state index is 0.284. The summed E-state index contributed by atoms with van der Waals surface area (Å²) in [5.74, 6) is -0.284. The van der Waals surface area contributed by atoms with E-state index in [9.17, 15) is 9.50 Å². The van der Waals surface area contributed by atoms with E-state index >= 15 is 0 Å². The number of benzene rings is 1. The molecule has 0 aliphatic carbocycles. The molecule has 1 unspecified atom stereocenters. The van der Waals surface area contributed by atoms with Gasteiger partial charge in [0.15, 0.2) is 0 Å². The second kappa shape index (κ2) is 5.94. The highest BCUT2D eigenvalue weighted by Gasteiger charge is 2.21. The van der Waals surface area contributed by atoms with E-state index in [1.807, 2.05) is 13.8 Å². The van der Waals surface area contributed by atoms with Gasteiger partial charge in [0.25, 0.3) is 0 Å². The largest absolute Gasteiger partial charge is 0.389 e. The maximum atomic E-state index is 13.1. The van der Waals surface area contributed by atoms with Crippen LogP contribution >= 0.6 is 15.9 Å². The molecule has 96 valence electrons. The highest BCUT2D eigenvalue weighted by Crippen LogP contribution is 2.20. The van der Waals surface area contributed by atoms with Crippen LogP contribution in [0, 0.1) is 5.82 Å². The quantitative estimate of drug-likeness (QED) is 0.877. The van der Waals surface area contributed by atoms with Crippen molar-refractivity contribution < 1.29 is 9.50 Å². The van der Waals surface area contributed by atoms with Crippen molar-refractivity contribution in [3.63, 3.8) is 0 Å². The molecule has 1 aromatic carbocycles. The van der Waals surface area contributed by atoms with Crippen molar-refractivity contribution in [3.05, 3.63) is 34.1 Å². The summed E-state index contributed by atoms with van der Waals surface area (Å²) in [7, 11) is 0. The summed E-state index contributed by atoms with van der Waals surface area (Å²) in [5.41, 5.74) is 0.0791. The van der Waals surface area contributed by atoms with E-state index in [-0.39, 0.29) is 5.82 Å². The van der Waals surface area contributed by atoms with Crippen LogP contribution in [0.15, 0.2) is 22.7 Å². The van der Waals surface area contributed by atoms with E-state index in [2.05, 4.69) is 21.2 Å². The number of nitrogens with one attached hydrogen (secondary N) is 1. The summed E-state index contributed by atoms with van der Waals surface area (Å²) in [6.45, 7) is 6.36. The average Bonchev–Trinajstić information content (AvgIpc) is 2.21. The molecule has 0 fully saturated rings. The number of hydrogen-bond acceptors (Lipinski definition) is 2. The zero-order valence-electron chi connectivity index (χ0n) is 10.4. The summed E-state index contributed by atoms with van der Waals surface area (Å²) in [5, 5.41) is 13.4. The molecule has 0 aliphatic rings. The Morgan fingerprint density at radius 1 is 1.47 bits per heavy atom. The minimum atomic E-state index is -0.832. The third-order valence-electron chi connectivity index (χ3n) is 2.46. The van der Waals surface area contributed by atoms with Crippen LogP contribution in [0.1, 0.15) is 26.3 Å². The monoisotopic (exact) mass is 303 g/mol. The normalized spacial score (nSPS) is 15.0. The zero-order valence-corrected chi connectivity index (χ0v) is 12.0. The van der Waals surface area contributed by atoms with E-state index in [0.717, 1.165) is 5.56 Å². The molecule has 17 heavy (non-hydrogen) atoms. The van der Waals surface area contributed by atoms with E-state index < -0.39 is 5.60 Å². The Morgan fingerprint density at radius 2 is 2.12 bits per heavy atom. The highest BCUT2D eigenvalue weighted by atomic mass is 79.9. The summed E-state index contributed by atoms with van der Waals surface area (Å²) in [4.78, 5) is 0. The number of rotatable bonds is 5. The first kappa shape index (κ1) is 14.6. The second-order valence-electron chi connectivity index (χ2n) is 4.96. The second-order valence-corrected chi connectivity index (χ2v) is 5.81. The summed E-state index contributed by atoms with van der Waals surface area (Å²) < 4.78 is 13.5. The lowest BCUT2D eigenvalue weighted by Gasteiger charge is -2.25. The predicted octanol–water partition coefficient (Wildman–Crippen LogP) is 2.88. The molecule has 1 rings (SSSR count). The molecular formula is C13H19BrFNO. The van der Waals surface area contributed by atoms with Gasteiger partial charge in [-0.3, -0.25) is 0 Å². The Balaban J connectivity index is 2.65. The number of aliphatic hydroxyl groups is 1. The SMILES string of the molecule is CC(C)NCC(C)(O)Cc1ccc(F)c(Br)c1. The Labute approximate surface area is 110 Å². The number of halogens is 2. The summed E-state index contributed by atoms with van der Waals surface area (Å²) in [6.07, 6.45) is 0.492. The lowest BCUT2D eigenvalue weighted by Crippen LogP contribution is -2.42. The fourth-order valence-electron chi connectivity index (χ4n) is 1.58. The zero-order chi connectivity index (χ0) is 13.1. The van der Waals surface area contributed by atoms with Crippen LogP contribution in [0.2, 0.25) is 0 Å². The molecule has 0 saturated heterocycles. The molecular weight excluding hydrogens is 285 g/mol. The van der Waals surface area contributed by atoms with Crippen molar-refractivity contribution in [2.45, 2.75) is 38.8 Å². The van der Waals surface area contributed by atoms with Crippen molar-refractivity contribution in [1.29, 1.82) is 0 Å². The van der Waals surface area contributed by atoms with Gasteiger partial charge in [-0.25, -0.2) is 4.39 Å². The molecule has 0 aromatic heterocycles. The molecule has 2 nitrogen and oxygen atoms in total. The predicted molar refractivity (Wildman–Crippen MR) is 71.6 cm³/mol. The van der Waals surface area contributed by atoms with Gasteiger partial charge in [0.1, 0.15) is 5.82 Å². The highest BCUT2D eigenvalue weighted by molar-refractivity contribution is 9.10. The van der Waals surface area contributed by atoms with Gasteiger partial charge in [0.05, 0.1) is 10.1 Å². The first-order valence-electron chi connectivity index (χ1n) is 5.70. The van der Waals surface area contributed by atoms with Crippen molar-refractivity contribution in [2.24, 2.45) is 0 Å². The minimum Gasteiger partial charge on any atom is -0.389 e. The van der Waals surface area contributed by atoms with Gasteiger partial charge in [-0.05, 0) is 40.5 Å². The van der Waals surface area contributed by atoms with E-state index in [1.54, 1.807) is 19.1 Å². The maximum absolute atomic E-state index is 13.1. The van der Waals surface area contributed by atoms with Crippen molar-refractivity contribution in [2.75, 3.05) is 6.54 Å². The van der Waals surface area contributed by atoms with Crippen LogP contribution in [0.4, 0.5) is 4.39 Å². The molecule has 1 atom stereocenters. The van der Waals surface area contributed by atoms with Gasteiger partial charge in [0, 0.05) is 19.0 Å². The average molecular weight is 304 g/mol. The smallest absolute Gasteiger partial charge is 0.137 e. The molecule has 0 amide bonds. The first-order chi connectivity index (χ1) is 7.80. The van der Waals surface area contributed by atoms with Crippen LogP contribution in [-0.4, -0.2) is 23.3 Å². The Bertz CT molecular complexity index is 380. The van der Waals surface area contributed by atoms with Crippen LogP contribution in [0.25, 0.3) is 0 Å². The molecule has 0 radical (unpaired) electrons. The van der Waals surface area contributed by atoms with Gasteiger partial charge in [-0.15, -0.1) is 0 Å². The van der Waals surface area contributed by atoms with Gasteiger partial charge in [0.2, 0.25) is 0 Å². The van der Waals surface area contributed by atoms with E-state index in [0.29, 0.717) is 23.5 Å². The molecule has 0 saturated carbocycles. The molecule has 0 spiro atoms. The Morgan fingerprint density at radius 3 is 2.65 bits per heavy atom. The molecule has 0 bridgehead atoms. The van der Waals surface area contributed by atoms with Crippen LogP contribution in [-0.2, 0) is 6.42 Å². The van der Waals surface area contributed by atoms with Gasteiger partial charge in [-0.1, -0.05) is 19.9 Å². The Hall–Kier alpha value is -0.450. The van der Waals surface area contributed by atoms with Crippen LogP contribution in [0.5, 0.6) is 0 Å². The van der Waals surface area contributed by atoms with Crippen molar-refractivity contribution >= 4 is 15.9 Å². The fourth-order valence-corrected chi connectivity index (χ4v) is 2.00. The summed E-state index contributed by atoms with van der Waals surface area (Å²) in [6, 6.07) is 5.15. The third kappa shape index (κ3) is 5.15. The first-order valence-corrected chi connectivity index (χ1v) is 6.49. The lowest BCUT2D eigenvalue weighted by molar-refractivity contribution is 0.0581. The number of hydrogen-bond donors (Lipinski definition) is 2. The maximum Gasteiger partial charge on any atom is 0.137 e. The molecule has 2 N–H and O–H groups in total. The van der Waals surface area contributed by atoms with Crippen LogP contribution < -0.4 is 5.32 Å². The van der Waals surface area contributed by atoms with Crippen molar-refractivity contribution in [1.82, 2.24) is 5.32 Å².